The highest BCUT2D eigenvalue weighted by molar-refractivity contribution is 5.84. The van der Waals surface area contributed by atoms with Crippen LogP contribution < -0.4 is 16.2 Å². The van der Waals surface area contributed by atoms with Crippen molar-refractivity contribution in [1.29, 1.82) is 0 Å². The van der Waals surface area contributed by atoms with Gasteiger partial charge in [0.15, 0.2) is 0 Å². The van der Waals surface area contributed by atoms with Gasteiger partial charge < -0.3 is 16.2 Å². The van der Waals surface area contributed by atoms with Crippen LogP contribution in [0.5, 0.6) is 5.75 Å². The van der Waals surface area contributed by atoms with Crippen LogP contribution in [0.1, 0.15) is 25.7 Å². The second kappa shape index (κ2) is 5.46. The molecule has 108 valence electrons. The van der Waals surface area contributed by atoms with Crippen LogP contribution in [0.25, 0.3) is 0 Å². The van der Waals surface area contributed by atoms with Crippen molar-refractivity contribution in [3.63, 3.8) is 0 Å². The Bertz CT molecular complexity index is 517. The Morgan fingerprint density at radius 3 is 2.60 bits per heavy atom. The Morgan fingerprint density at radius 1 is 1.40 bits per heavy atom. The number of amides is 1. The van der Waals surface area contributed by atoms with E-state index in [1.807, 2.05) is 0 Å². The zero-order valence-electron chi connectivity index (χ0n) is 11.0. The first-order valence-corrected chi connectivity index (χ1v) is 6.41. The van der Waals surface area contributed by atoms with Crippen molar-refractivity contribution in [2.45, 2.75) is 37.3 Å². The van der Waals surface area contributed by atoms with Gasteiger partial charge in [0, 0.05) is 18.6 Å². The Kier molecular flexibility index (Phi) is 3.89. The summed E-state index contributed by atoms with van der Waals surface area (Å²) in [6.45, 7) is 0. The van der Waals surface area contributed by atoms with Gasteiger partial charge in [-0.2, -0.15) is 0 Å². The number of benzene rings is 1. The van der Waals surface area contributed by atoms with Gasteiger partial charge >= 0.3 is 0 Å². The third kappa shape index (κ3) is 3.05. The Labute approximate surface area is 116 Å². The van der Waals surface area contributed by atoms with Crippen molar-refractivity contribution >= 4 is 11.6 Å². The van der Waals surface area contributed by atoms with Crippen molar-refractivity contribution < 1.29 is 14.5 Å². The average molecular weight is 279 g/mol. The maximum absolute atomic E-state index is 11.4. The second-order valence-corrected chi connectivity index (χ2v) is 5.11. The number of carbonyl (C=O) groups excluding carboxylic acids is 1. The van der Waals surface area contributed by atoms with Gasteiger partial charge in [-0.25, -0.2) is 0 Å². The number of non-ortho nitro benzene ring substituents is 1. The molecule has 2 rings (SSSR count). The number of hydrogen-bond donors (Lipinski definition) is 2. The predicted octanol–water partition coefficient (Wildman–Crippen LogP) is 1.10. The maximum Gasteiger partial charge on any atom is 0.269 e. The molecule has 2 unspecified atom stereocenters. The molecule has 0 aliphatic heterocycles. The number of rotatable bonds is 4. The molecule has 0 bridgehead atoms. The minimum atomic E-state index is -1.02. The predicted molar refractivity (Wildman–Crippen MR) is 72.1 cm³/mol. The van der Waals surface area contributed by atoms with E-state index in [0.717, 1.165) is 12.8 Å². The van der Waals surface area contributed by atoms with Crippen LogP contribution in [-0.4, -0.2) is 22.5 Å². The Hall–Kier alpha value is -2.15. The highest BCUT2D eigenvalue weighted by atomic mass is 16.6. The van der Waals surface area contributed by atoms with Gasteiger partial charge in [-0.3, -0.25) is 14.9 Å². The number of nitrogens with two attached hydrogens (primary N) is 2. The van der Waals surface area contributed by atoms with Crippen molar-refractivity contribution in [1.82, 2.24) is 0 Å². The minimum Gasteiger partial charge on any atom is -0.490 e. The molecule has 0 spiro atoms. The standard InChI is InChI=1S/C13H17N3O4/c14-12(17)13(15)7-1-2-11(8-13)20-10-5-3-9(4-6-10)16(18)19/h3-6,11H,1-2,7-8,15H2,(H2,14,17). The molecule has 1 aliphatic rings. The van der Waals surface area contributed by atoms with Gasteiger partial charge in [-0.05, 0) is 31.4 Å². The van der Waals surface area contributed by atoms with Crippen molar-refractivity contribution in [3.05, 3.63) is 34.4 Å². The lowest BCUT2D eigenvalue weighted by atomic mass is 9.80. The normalized spacial score (nSPS) is 25.9. The summed E-state index contributed by atoms with van der Waals surface area (Å²) in [6, 6.07) is 5.83. The molecule has 1 aliphatic carbocycles. The summed E-state index contributed by atoms with van der Waals surface area (Å²) in [5, 5.41) is 10.6. The van der Waals surface area contributed by atoms with Crippen molar-refractivity contribution in [2.24, 2.45) is 11.5 Å². The largest absolute Gasteiger partial charge is 0.490 e. The first kappa shape index (κ1) is 14.3. The van der Waals surface area contributed by atoms with E-state index >= 15 is 0 Å². The van der Waals surface area contributed by atoms with E-state index in [2.05, 4.69) is 0 Å². The highest BCUT2D eigenvalue weighted by Gasteiger charge is 2.38. The molecule has 0 saturated heterocycles. The molecule has 20 heavy (non-hydrogen) atoms. The quantitative estimate of drug-likeness (QED) is 0.631. The van der Waals surface area contributed by atoms with Crippen molar-refractivity contribution in [3.8, 4) is 5.75 Å². The number of nitro groups is 1. The first-order chi connectivity index (χ1) is 9.40. The molecule has 0 heterocycles. The number of carbonyl (C=O) groups is 1. The average Bonchev–Trinajstić information content (AvgIpc) is 2.39. The summed E-state index contributed by atoms with van der Waals surface area (Å²) >= 11 is 0. The molecule has 1 aromatic rings. The number of hydrogen-bond acceptors (Lipinski definition) is 5. The molecule has 2 atom stereocenters. The monoisotopic (exact) mass is 279 g/mol. The molecule has 0 aromatic heterocycles. The summed E-state index contributed by atoms with van der Waals surface area (Å²) in [6.07, 6.45) is 2.25. The fourth-order valence-electron chi connectivity index (χ4n) is 2.42. The fraction of sp³-hybridized carbons (Fsp3) is 0.462. The van der Waals surface area contributed by atoms with Crippen LogP contribution >= 0.6 is 0 Å². The van der Waals surface area contributed by atoms with E-state index in [1.165, 1.54) is 24.3 Å². The molecule has 0 radical (unpaired) electrons. The Balaban J connectivity index is 2.02. The van der Waals surface area contributed by atoms with E-state index < -0.39 is 16.4 Å². The molecular formula is C13H17N3O4. The van der Waals surface area contributed by atoms with Gasteiger partial charge in [0.1, 0.15) is 11.9 Å². The topological polar surface area (TPSA) is 121 Å². The lowest BCUT2D eigenvalue weighted by Gasteiger charge is -2.35. The first-order valence-electron chi connectivity index (χ1n) is 6.41. The van der Waals surface area contributed by atoms with Crippen LogP contribution in [0.2, 0.25) is 0 Å². The molecule has 1 fully saturated rings. The summed E-state index contributed by atoms with van der Waals surface area (Å²) < 4.78 is 5.73. The summed E-state index contributed by atoms with van der Waals surface area (Å²) in [7, 11) is 0. The van der Waals surface area contributed by atoms with E-state index in [4.69, 9.17) is 16.2 Å². The fourth-order valence-corrected chi connectivity index (χ4v) is 2.42. The number of primary amides is 1. The lowest BCUT2D eigenvalue weighted by molar-refractivity contribution is -0.384. The summed E-state index contributed by atoms with van der Waals surface area (Å²) in [5.41, 5.74) is 10.3. The molecule has 1 amide bonds. The van der Waals surface area contributed by atoms with Gasteiger partial charge in [0.2, 0.25) is 5.91 Å². The SMILES string of the molecule is NC(=O)C1(N)CCCC(Oc2ccc([N+](=O)[O-])cc2)C1. The van der Waals surface area contributed by atoms with E-state index in [-0.39, 0.29) is 11.8 Å². The van der Waals surface area contributed by atoms with Crippen LogP contribution in [0.3, 0.4) is 0 Å². The molecule has 7 heteroatoms. The zero-order chi connectivity index (χ0) is 14.8. The van der Waals surface area contributed by atoms with E-state index in [9.17, 15) is 14.9 Å². The summed E-state index contributed by atoms with van der Waals surface area (Å²) in [5.74, 6) is 0.00354. The molecule has 4 N–H and O–H groups in total. The molecule has 1 aromatic carbocycles. The highest BCUT2D eigenvalue weighted by Crippen LogP contribution is 2.29. The third-order valence-electron chi connectivity index (χ3n) is 3.58. The van der Waals surface area contributed by atoms with Crippen molar-refractivity contribution in [2.75, 3.05) is 0 Å². The maximum atomic E-state index is 11.4. The zero-order valence-corrected chi connectivity index (χ0v) is 11.0. The van der Waals surface area contributed by atoms with E-state index in [0.29, 0.717) is 18.6 Å². The third-order valence-corrected chi connectivity index (χ3v) is 3.58. The second-order valence-electron chi connectivity index (χ2n) is 5.11. The molecule has 7 nitrogen and oxygen atoms in total. The van der Waals surface area contributed by atoms with Gasteiger partial charge in [-0.15, -0.1) is 0 Å². The Morgan fingerprint density at radius 2 is 2.05 bits per heavy atom. The molecule has 1 saturated carbocycles. The van der Waals surface area contributed by atoms with Crippen LogP contribution in [0.4, 0.5) is 5.69 Å². The van der Waals surface area contributed by atoms with E-state index in [1.54, 1.807) is 0 Å². The van der Waals surface area contributed by atoms with Gasteiger partial charge in [0.25, 0.3) is 5.69 Å². The summed E-state index contributed by atoms with van der Waals surface area (Å²) in [4.78, 5) is 21.4. The van der Waals surface area contributed by atoms with Crippen LogP contribution in [-0.2, 0) is 4.79 Å². The number of nitro benzene ring substituents is 1. The van der Waals surface area contributed by atoms with Crippen LogP contribution in [0.15, 0.2) is 24.3 Å². The van der Waals surface area contributed by atoms with Gasteiger partial charge in [0.05, 0.1) is 10.5 Å². The number of nitrogens with zero attached hydrogens (tertiary/aromatic N) is 1. The van der Waals surface area contributed by atoms with Gasteiger partial charge in [-0.1, -0.05) is 0 Å². The van der Waals surface area contributed by atoms with Crippen LogP contribution in [0, 0.1) is 10.1 Å². The minimum absolute atomic E-state index is 0.00583. The smallest absolute Gasteiger partial charge is 0.269 e. The number of ether oxygens (including phenoxy) is 1. The molecular weight excluding hydrogens is 262 g/mol. The lowest BCUT2D eigenvalue weighted by Crippen LogP contribution is -2.56.